The van der Waals surface area contributed by atoms with E-state index in [2.05, 4.69) is 5.32 Å². The van der Waals surface area contributed by atoms with E-state index in [0.29, 0.717) is 37.5 Å². The summed E-state index contributed by atoms with van der Waals surface area (Å²) in [6, 6.07) is 9.37. The van der Waals surface area contributed by atoms with Crippen LogP contribution in [-0.2, 0) is 0 Å². The smallest absolute Gasteiger partial charge is 0.321 e. The van der Waals surface area contributed by atoms with Crippen molar-refractivity contribution in [2.45, 2.75) is 18.7 Å². The van der Waals surface area contributed by atoms with Gasteiger partial charge < -0.3 is 19.5 Å². The number of nitrogens with zero attached hydrogens (tertiary/aromatic N) is 2. The first kappa shape index (κ1) is 18.4. The molecule has 0 saturated carbocycles. The molecule has 0 bridgehead atoms. The monoisotopic (exact) mass is 373 g/mol. The van der Waals surface area contributed by atoms with Crippen LogP contribution in [0.1, 0.15) is 21.9 Å². The minimum Gasteiger partial charge on any atom is -0.466 e. The van der Waals surface area contributed by atoms with Crippen molar-refractivity contribution in [3.63, 3.8) is 0 Å². The highest BCUT2D eigenvalue weighted by Gasteiger charge is 2.27. The number of rotatable bonds is 3. The minimum absolute atomic E-state index is 0.0351. The minimum atomic E-state index is -0.131. The molecule has 1 fully saturated rings. The van der Waals surface area contributed by atoms with Gasteiger partial charge in [0.05, 0.1) is 11.3 Å². The number of carbonyl (C=O) groups excluding carboxylic acids is 2. The molecule has 1 aliphatic heterocycles. The van der Waals surface area contributed by atoms with Crippen molar-refractivity contribution in [3.8, 4) is 0 Å². The number of nitrogens with one attached hydrogen (secondary N) is 1. The molecule has 0 aliphatic carbocycles. The number of hydrogen-bond acceptors (Lipinski definition) is 4. The van der Waals surface area contributed by atoms with Crippen molar-refractivity contribution in [3.05, 3.63) is 47.4 Å². The van der Waals surface area contributed by atoms with Gasteiger partial charge in [-0.05, 0) is 38.3 Å². The third-order valence-electron chi connectivity index (χ3n) is 4.47. The predicted molar refractivity (Wildman–Crippen MR) is 103 cm³/mol. The molecule has 2 aromatic rings. The van der Waals surface area contributed by atoms with Crippen LogP contribution in [0.25, 0.3) is 0 Å². The van der Waals surface area contributed by atoms with Gasteiger partial charge in [-0.3, -0.25) is 4.79 Å². The molecule has 1 aliphatic rings. The van der Waals surface area contributed by atoms with E-state index in [1.807, 2.05) is 37.4 Å². The van der Waals surface area contributed by atoms with E-state index in [4.69, 9.17) is 4.42 Å². The van der Waals surface area contributed by atoms with Crippen molar-refractivity contribution in [2.24, 2.45) is 0 Å². The lowest BCUT2D eigenvalue weighted by Gasteiger charge is -2.34. The van der Waals surface area contributed by atoms with Crippen LogP contribution >= 0.6 is 11.8 Å². The Hall–Kier alpha value is -2.41. The van der Waals surface area contributed by atoms with Gasteiger partial charge in [-0.1, -0.05) is 12.1 Å². The highest BCUT2D eigenvalue weighted by Crippen LogP contribution is 2.25. The van der Waals surface area contributed by atoms with E-state index in [1.54, 1.807) is 34.6 Å². The van der Waals surface area contributed by atoms with Gasteiger partial charge in [0.15, 0.2) is 0 Å². The van der Waals surface area contributed by atoms with E-state index < -0.39 is 0 Å². The highest BCUT2D eigenvalue weighted by molar-refractivity contribution is 7.98. The second-order valence-corrected chi connectivity index (χ2v) is 7.08. The number of para-hydroxylation sites is 1. The van der Waals surface area contributed by atoms with Crippen molar-refractivity contribution < 1.29 is 14.0 Å². The van der Waals surface area contributed by atoms with Crippen molar-refractivity contribution in [1.82, 2.24) is 9.80 Å². The van der Waals surface area contributed by atoms with Gasteiger partial charge in [-0.2, -0.15) is 0 Å². The molecule has 0 radical (unpaired) electrons. The Kier molecular flexibility index (Phi) is 5.56. The molecule has 0 atom stereocenters. The van der Waals surface area contributed by atoms with E-state index in [1.165, 1.54) is 0 Å². The summed E-state index contributed by atoms with van der Waals surface area (Å²) in [5, 5.41) is 2.97. The van der Waals surface area contributed by atoms with Gasteiger partial charge in [0, 0.05) is 31.1 Å². The zero-order valence-electron chi connectivity index (χ0n) is 15.2. The molecule has 138 valence electrons. The van der Waals surface area contributed by atoms with Gasteiger partial charge in [0.2, 0.25) is 0 Å². The Morgan fingerprint density at radius 2 is 1.73 bits per heavy atom. The van der Waals surface area contributed by atoms with Crippen LogP contribution in [0.5, 0.6) is 0 Å². The standard InChI is InChI=1S/C19H23N3O3S/c1-13-12-15(14(2)25-13)18(23)21-8-10-22(11-9-21)19(24)20-16-6-4-5-7-17(16)26-3/h4-7,12H,8-11H2,1-3H3,(H,20,24). The zero-order chi connectivity index (χ0) is 18.7. The maximum atomic E-state index is 12.6. The van der Waals surface area contributed by atoms with E-state index >= 15 is 0 Å². The zero-order valence-corrected chi connectivity index (χ0v) is 16.1. The summed E-state index contributed by atoms with van der Waals surface area (Å²) in [5.74, 6) is 1.34. The highest BCUT2D eigenvalue weighted by atomic mass is 32.2. The Labute approximate surface area is 157 Å². The Morgan fingerprint density at radius 1 is 1.08 bits per heavy atom. The number of anilines is 1. The molecule has 2 heterocycles. The summed E-state index contributed by atoms with van der Waals surface area (Å²) in [7, 11) is 0. The van der Waals surface area contributed by atoms with Crippen molar-refractivity contribution in [1.29, 1.82) is 0 Å². The van der Waals surface area contributed by atoms with E-state index in [-0.39, 0.29) is 11.9 Å². The lowest BCUT2D eigenvalue weighted by Crippen LogP contribution is -2.51. The van der Waals surface area contributed by atoms with Crippen LogP contribution < -0.4 is 5.32 Å². The maximum Gasteiger partial charge on any atom is 0.321 e. The van der Waals surface area contributed by atoms with Crippen LogP contribution in [0, 0.1) is 13.8 Å². The van der Waals surface area contributed by atoms with Gasteiger partial charge in [0.1, 0.15) is 11.5 Å². The third kappa shape index (κ3) is 3.88. The summed E-state index contributed by atoms with van der Waals surface area (Å²) in [4.78, 5) is 29.7. The van der Waals surface area contributed by atoms with Crippen LogP contribution in [0.3, 0.4) is 0 Å². The van der Waals surface area contributed by atoms with Crippen LogP contribution in [0.15, 0.2) is 39.6 Å². The van der Waals surface area contributed by atoms with Gasteiger partial charge in [-0.25, -0.2) is 4.79 Å². The molecular weight excluding hydrogens is 350 g/mol. The summed E-state index contributed by atoms with van der Waals surface area (Å²) < 4.78 is 5.45. The number of hydrogen-bond donors (Lipinski definition) is 1. The summed E-state index contributed by atoms with van der Waals surface area (Å²) in [6.45, 7) is 5.68. The lowest BCUT2D eigenvalue weighted by molar-refractivity contribution is 0.0670. The Morgan fingerprint density at radius 3 is 2.35 bits per heavy atom. The van der Waals surface area contributed by atoms with Crippen LogP contribution in [0.2, 0.25) is 0 Å². The van der Waals surface area contributed by atoms with Crippen molar-refractivity contribution in [2.75, 3.05) is 37.8 Å². The largest absolute Gasteiger partial charge is 0.466 e. The average molecular weight is 373 g/mol. The summed E-state index contributed by atoms with van der Waals surface area (Å²) in [6.07, 6.45) is 1.98. The number of thioether (sulfide) groups is 1. The topological polar surface area (TPSA) is 65.8 Å². The molecule has 0 spiro atoms. The van der Waals surface area contributed by atoms with Gasteiger partial charge >= 0.3 is 6.03 Å². The predicted octanol–water partition coefficient (Wildman–Crippen LogP) is 3.61. The Balaban J connectivity index is 1.59. The van der Waals surface area contributed by atoms with Gasteiger partial charge in [-0.15, -0.1) is 11.8 Å². The molecule has 6 nitrogen and oxygen atoms in total. The first-order valence-corrected chi connectivity index (χ1v) is 9.77. The normalized spacial score (nSPS) is 14.4. The number of urea groups is 1. The molecule has 7 heteroatoms. The fourth-order valence-electron chi connectivity index (χ4n) is 3.07. The molecule has 1 aromatic carbocycles. The van der Waals surface area contributed by atoms with E-state index in [9.17, 15) is 9.59 Å². The summed E-state index contributed by atoms with van der Waals surface area (Å²) >= 11 is 1.59. The molecule has 0 unspecified atom stereocenters. The molecule has 3 rings (SSSR count). The molecular formula is C19H23N3O3S. The first-order chi connectivity index (χ1) is 12.5. The maximum absolute atomic E-state index is 12.6. The van der Waals surface area contributed by atoms with Gasteiger partial charge in [0.25, 0.3) is 5.91 Å². The molecule has 1 aromatic heterocycles. The number of carbonyl (C=O) groups is 2. The number of benzene rings is 1. The molecule has 1 N–H and O–H groups in total. The molecule has 3 amide bonds. The van der Waals surface area contributed by atoms with Crippen molar-refractivity contribution >= 4 is 29.4 Å². The quantitative estimate of drug-likeness (QED) is 0.835. The third-order valence-corrected chi connectivity index (χ3v) is 5.27. The number of aryl methyl sites for hydroxylation is 2. The Bertz CT molecular complexity index is 810. The number of amides is 3. The molecule has 1 saturated heterocycles. The lowest BCUT2D eigenvalue weighted by atomic mass is 10.2. The fraction of sp³-hybridized carbons (Fsp3) is 0.368. The molecule has 26 heavy (non-hydrogen) atoms. The van der Waals surface area contributed by atoms with Crippen LogP contribution in [-0.4, -0.2) is 54.2 Å². The van der Waals surface area contributed by atoms with Crippen LogP contribution in [0.4, 0.5) is 10.5 Å². The second kappa shape index (κ2) is 7.86. The fourth-order valence-corrected chi connectivity index (χ4v) is 3.62. The second-order valence-electron chi connectivity index (χ2n) is 6.24. The first-order valence-electron chi connectivity index (χ1n) is 8.55. The number of piperazine rings is 1. The number of furan rings is 1. The van der Waals surface area contributed by atoms with E-state index in [0.717, 1.165) is 16.3 Å². The summed E-state index contributed by atoms with van der Waals surface area (Å²) in [5.41, 5.74) is 1.42. The average Bonchev–Trinajstić information content (AvgIpc) is 2.99. The SMILES string of the molecule is CSc1ccccc1NC(=O)N1CCN(C(=O)c2cc(C)oc2C)CC1.